The number of fused-ring (bicyclic) bond motifs is 2. The van der Waals surface area contributed by atoms with Crippen LogP contribution in [-0.2, 0) is 9.53 Å². The van der Waals surface area contributed by atoms with E-state index in [0.717, 1.165) is 22.9 Å². The summed E-state index contributed by atoms with van der Waals surface area (Å²) in [6, 6.07) is 11.2. The molecule has 3 rings (SSSR count). The molecule has 0 spiro atoms. The second-order valence-electron chi connectivity index (χ2n) is 7.88. The fourth-order valence-electron chi connectivity index (χ4n) is 4.82. The summed E-state index contributed by atoms with van der Waals surface area (Å²) < 4.78 is 6.96. The van der Waals surface area contributed by atoms with Crippen molar-refractivity contribution in [2.24, 2.45) is 0 Å². The molecular formula is C20H31BrNNaO3. The van der Waals surface area contributed by atoms with Crippen molar-refractivity contribution in [1.29, 1.82) is 0 Å². The van der Waals surface area contributed by atoms with Crippen molar-refractivity contribution in [2.45, 2.75) is 69.7 Å². The summed E-state index contributed by atoms with van der Waals surface area (Å²) >= 11 is 0. The van der Waals surface area contributed by atoms with Crippen LogP contribution in [0.1, 0.15) is 52.4 Å². The van der Waals surface area contributed by atoms with Crippen LogP contribution in [0, 0.1) is 0 Å². The second-order valence-corrected chi connectivity index (χ2v) is 7.88. The van der Waals surface area contributed by atoms with Crippen LogP contribution in [0.4, 0.5) is 0 Å². The number of piperidine rings is 1. The second kappa shape index (κ2) is 10.0. The summed E-state index contributed by atoms with van der Waals surface area (Å²) in [5, 5.41) is 9.65. The summed E-state index contributed by atoms with van der Waals surface area (Å²) in [6.07, 6.45) is 4.36. The molecule has 142 valence electrons. The van der Waals surface area contributed by atoms with E-state index in [9.17, 15) is 9.90 Å². The molecule has 1 N–H and O–H groups in total. The maximum absolute atomic E-state index is 12.6. The molecule has 1 aromatic carbocycles. The van der Waals surface area contributed by atoms with Crippen molar-refractivity contribution in [1.82, 2.24) is 0 Å². The average molecular weight is 436 g/mol. The molecule has 2 bridgehead atoms. The number of rotatable bonds is 5. The molecule has 6 heteroatoms. The first-order valence-corrected chi connectivity index (χ1v) is 9.18. The smallest absolute Gasteiger partial charge is 1.00 e. The van der Waals surface area contributed by atoms with Gasteiger partial charge in [0.1, 0.15) is 12.0 Å². The minimum absolute atomic E-state index is 0. The van der Waals surface area contributed by atoms with E-state index < -0.39 is 5.92 Å². The maximum atomic E-state index is 12.6. The Bertz CT molecular complexity index is 576. The van der Waals surface area contributed by atoms with Gasteiger partial charge in [-0.3, -0.25) is 4.79 Å². The largest absolute Gasteiger partial charge is 1.00 e. The van der Waals surface area contributed by atoms with Gasteiger partial charge in [-0.2, -0.15) is 0 Å². The zero-order valence-corrected chi connectivity index (χ0v) is 20.0. The van der Waals surface area contributed by atoms with Crippen LogP contribution in [0.5, 0.6) is 0 Å². The van der Waals surface area contributed by atoms with Crippen molar-refractivity contribution in [3.63, 3.8) is 0 Å². The molecule has 2 saturated heterocycles. The Morgan fingerprint density at radius 3 is 2.23 bits per heavy atom. The van der Waals surface area contributed by atoms with E-state index >= 15 is 0 Å². The van der Waals surface area contributed by atoms with Gasteiger partial charge in [0, 0.05) is 25.7 Å². The van der Waals surface area contributed by atoms with Crippen LogP contribution in [0.15, 0.2) is 30.3 Å². The number of nitrogens with zero attached hydrogens (tertiary/aromatic N) is 1. The van der Waals surface area contributed by atoms with Gasteiger partial charge in [-0.1, -0.05) is 30.3 Å². The molecule has 0 radical (unpaired) electrons. The van der Waals surface area contributed by atoms with Crippen LogP contribution in [0.25, 0.3) is 0 Å². The van der Waals surface area contributed by atoms with Gasteiger partial charge >= 0.3 is 35.5 Å². The summed E-state index contributed by atoms with van der Waals surface area (Å²) in [4.78, 5) is 12.6. The van der Waals surface area contributed by atoms with Gasteiger partial charge in [-0.25, -0.2) is 0 Å². The van der Waals surface area contributed by atoms with Crippen LogP contribution in [0.2, 0.25) is 0 Å². The number of esters is 1. The van der Waals surface area contributed by atoms with Crippen molar-refractivity contribution in [2.75, 3.05) is 13.7 Å². The monoisotopic (exact) mass is 435 g/mol. The number of carbonyl (C=O) groups is 1. The molecule has 3 atom stereocenters. The minimum Gasteiger partial charge on any atom is -1.00 e. The molecule has 2 aliphatic heterocycles. The van der Waals surface area contributed by atoms with Crippen LogP contribution < -0.4 is 46.5 Å². The average Bonchev–Trinajstić information content (AvgIpc) is 2.74. The normalized spacial score (nSPS) is 30.9. The van der Waals surface area contributed by atoms with E-state index in [-0.39, 0.29) is 66.6 Å². The predicted molar refractivity (Wildman–Crippen MR) is 94.6 cm³/mol. The van der Waals surface area contributed by atoms with Crippen LogP contribution in [-0.4, -0.2) is 53.4 Å². The van der Waals surface area contributed by atoms with Crippen molar-refractivity contribution in [3.8, 4) is 0 Å². The number of hydrogen-bond donors (Lipinski definition) is 1. The Labute approximate surface area is 191 Å². The predicted octanol–water partition coefficient (Wildman–Crippen LogP) is -3.03. The Balaban J connectivity index is 0.00000225. The number of carbonyl (C=O) groups excluding carboxylic acids is 1. The molecular weight excluding hydrogens is 405 g/mol. The molecule has 0 saturated carbocycles. The first-order valence-electron chi connectivity index (χ1n) is 9.18. The number of hydrogen-bond acceptors (Lipinski definition) is 3. The van der Waals surface area contributed by atoms with E-state index in [0.29, 0.717) is 18.1 Å². The Hall–Kier alpha value is 0.0900. The van der Waals surface area contributed by atoms with Gasteiger partial charge in [-0.15, -0.1) is 0 Å². The van der Waals surface area contributed by atoms with Crippen molar-refractivity contribution in [3.05, 3.63) is 35.9 Å². The zero-order chi connectivity index (χ0) is 17.3. The van der Waals surface area contributed by atoms with E-state index in [2.05, 4.69) is 20.9 Å². The SMILES string of the molecule is CC(C)[N+]1(C)C2CCC1CC(OC(=O)C(CO)c1ccccc1)C2.[Br-].[H-].[Na+]. The molecule has 0 aromatic heterocycles. The first-order chi connectivity index (χ1) is 11.5. The molecule has 0 aliphatic carbocycles. The topological polar surface area (TPSA) is 46.5 Å². The number of quaternary nitrogens is 1. The van der Waals surface area contributed by atoms with Gasteiger partial charge in [0.15, 0.2) is 0 Å². The van der Waals surface area contributed by atoms with E-state index in [1.165, 1.54) is 12.8 Å². The number of aliphatic hydroxyl groups is 1. The summed E-state index contributed by atoms with van der Waals surface area (Å²) in [7, 11) is 2.37. The van der Waals surface area contributed by atoms with E-state index in [4.69, 9.17) is 4.74 Å². The number of ether oxygens (including phenoxy) is 1. The van der Waals surface area contributed by atoms with E-state index in [1.54, 1.807) is 0 Å². The third kappa shape index (κ3) is 4.56. The first kappa shape index (κ1) is 24.1. The molecule has 2 aliphatic rings. The molecule has 1 aromatic rings. The maximum Gasteiger partial charge on any atom is 1.00 e. The standard InChI is InChI=1S/C20H30NO3.BrH.Na.H/c1-14(2)21(3)16-9-10-17(21)12-18(11-16)24-20(23)19(13-22)15-7-5-4-6-8-15;;;/h4-8,14,16-19,22H,9-13H2,1-3H3;1H;;/q+1;;+1;-1/p-1. The summed E-state index contributed by atoms with van der Waals surface area (Å²) in [5.41, 5.74) is 0.826. The van der Waals surface area contributed by atoms with Gasteiger partial charge in [-0.05, 0) is 19.4 Å². The van der Waals surface area contributed by atoms with Crippen LogP contribution in [0.3, 0.4) is 0 Å². The zero-order valence-electron chi connectivity index (χ0n) is 17.4. The molecule has 2 fully saturated rings. The Morgan fingerprint density at radius 2 is 1.77 bits per heavy atom. The summed E-state index contributed by atoms with van der Waals surface area (Å²) in [6.45, 7) is 4.39. The van der Waals surface area contributed by atoms with E-state index in [1.807, 2.05) is 30.3 Å². The van der Waals surface area contributed by atoms with Crippen LogP contribution >= 0.6 is 0 Å². The fourth-order valence-corrected chi connectivity index (χ4v) is 4.82. The fraction of sp³-hybridized carbons (Fsp3) is 0.650. The number of benzene rings is 1. The molecule has 0 amide bonds. The third-order valence-corrected chi connectivity index (χ3v) is 6.54. The molecule has 4 nitrogen and oxygen atoms in total. The Kier molecular flexibility index (Phi) is 9.31. The van der Waals surface area contributed by atoms with Gasteiger partial charge < -0.3 is 32.7 Å². The summed E-state index contributed by atoms with van der Waals surface area (Å²) in [5.74, 6) is -0.856. The molecule has 3 unspecified atom stereocenters. The van der Waals surface area contributed by atoms with Gasteiger partial charge in [0.05, 0.1) is 31.8 Å². The number of aliphatic hydroxyl groups excluding tert-OH is 1. The van der Waals surface area contributed by atoms with Gasteiger partial charge in [0.25, 0.3) is 0 Å². The third-order valence-electron chi connectivity index (χ3n) is 6.54. The molecule has 2 heterocycles. The van der Waals surface area contributed by atoms with Crippen molar-refractivity contribution < 1.29 is 67.1 Å². The molecule has 26 heavy (non-hydrogen) atoms. The Morgan fingerprint density at radius 1 is 1.23 bits per heavy atom. The minimum atomic E-state index is -0.572. The number of halogens is 1. The quantitative estimate of drug-likeness (QED) is 0.304. The van der Waals surface area contributed by atoms with Crippen molar-refractivity contribution >= 4 is 5.97 Å². The van der Waals surface area contributed by atoms with Gasteiger partial charge in [0.2, 0.25) is 0 Å².